The summed E-state index contributed by atoms with van der Waals surface area (Å²) in [6.07, 6.45) is 5.80. The number of hydrogen-bond donors (Lipinski definition) is 3. The minimum atomic E-state index is -0.990. The van der Waals surface area contributed by atoms with Gasteiger partial charge in [0.15, 0.2) is 0 Å². The Bertz CT molecular complexity index is 1500. The van der Waals surface area contributed by atoms with Crippen molar-refractivity contribution in [3.8, 4) is 12.3 Å². The zero-order chi connectivity index (χ0) is 30.2. The van der Waals surface area contributed by atoms with Gasteiger partial charge in [-0.1, -0.05) is 12.0 Å². The van der Waals surface area contributed by atoms with Crippen LogP contribution < -0.4 is 21.1 Å². The molecule has 0 fully saturated rings. The van der Waals surface area contributed by atoms with E-state index < -0.39 is 23.5 Å². The number of benzene rings is 2. The van der Waals surface area contributed by atoms with E-state index in [1.54, 1.807) is 71.0 Å². The van der Waals surface area contributed by atoms with E-state index in [9.17, 15) is 19.2 Å². The number of anilines is 1. The molecule has 2 amide bonds. The van der Waals surface area contributed by atoms with Crippen molar-refractivity contribution >= 4 is 34.4 Å². The molecule has 0 radical (unpaired) electrons. The van der Waals surface area contributed by atoms with E-state index in [0.29, 0.717) is 41.9 Å². The zero-order valence-electron chi connectivity index (χ0n) is 24.2. The van der Waals surface area contributed by atoms with Gasteiger partial charge in [0.25, 0.3) is 11.5 Å². The highest BCUT2D eigenvalue weighted by Gasteiger charge is 2.27. The molecule has 1 heterocycles. The van der Waals surface area contributed by atoms with Gasteiger partial charge in [-0.3, -0.25) is 14.4 Å². The molecule has 3 rings (SSSR count). The summed E-state index contributed by atoms with van der Waals surface area (Å²) in [4.78, 5) is 59.3. The number of carbonyl (C=O) groups excluding carboxylic acids is 3. The van der Waals surface area contributed by atoms with Crippen molar-refractivity contribution in [1.29, 1.82) is 0 Å². The first kappa shape index (κ1) is 30.9. The molecule has 3 N–H and O–H groups in total. The summed E-state index contributed by atoms with van der Waals surface area (Å²) in [6, 6.07) is 11.3. The Morgan fingerprint density at radius 3 is 2.49 bits per heavy atom. The lowest BCUT2D eigenvalue weighted by molar-refractivity contribution is -0.157. The van der Waals surface area contributed by atoms with Gasteiger partial charge in [0.2, 0.25) is 5.91 Å². The topological polar surface area (TPSA) is 133 Å². The molecule has 2 aromatic carbocycles. The Labute approximate surface area is 239 Å². The Kier molecular flexibility index (Phi) is 10.3. The molecule has 0 unspecified atom stereocenters. The number of nitrogens with one attached hydrogen (secondary N) is 3. The number of aromatic nitrogens is 2. The van der Waals surface area contributed by atoms with E-state index in [2.05, 4.69) is 26.5 Å². The summed E-state index contributed by atoms with van der Waals surface area (Å²) in [5, 5.41) is 5.90. The fourth-order valence-corrected chi connectivity index (χ4v) is 4.22. The van der Waals surface area contributed by atoms with Gasteiger partial charge >= 0.3 is 5.97 Å². The molecule has 10 nitrogen and oxygen atoms in total. The SMILES string of the molecule is C#CCN(Cc1ccc2nc(C)[nH]c(=O)c2c1)c1ccc(C(=O)N[C@@H](CCC(=O)NCC)C(=O)OC(C)(C)C)cc1. The van der Waals surface area contributed by atoms with Gasteiger partial charge in [0.1, 0.15) is 17.5 Å². The first-order valence-corrected chi connectivity index (χ1v) is 13.5. The second-order valence-corrected chi connectivity index (χ2v) is 10.7. The molecule has 0 saturated heterocycles. The molecule has 0 aliphatic heterocycles. The zero-order valence-corrected chi connectivity index (χ0v) is 24.2. The Hall–Kier alpha value is -4.65. The first-order valence-electron chi connectivity index (χ1n) is 13.5. The number of aromatic amines is 1. The second kappa shape index (κ2) is 13.6. The van der Waals surface area contributed by atoms with Crippen molar-refractivity contribution in [2.75, 3.05) is 18.0 Å². The molecule has 0 saturated carbocycles. The maximum Gasteiger partial charge on any atom is 0.329 e. The molecule has 0 bridgehead atoms. The van der Waals surface area contributed by atoms with Gasteiger partial charge < -0.3 is 25.3 Å². The minimum absolute atomic E-state index is 0.0638. The lowest BCUT2D eigenvalue weighted by Crippen LogP contribution is -2.44. The van der Waals surface area contributed by atoms with Gasteiger partial charge in [-0.2, -0.15) is 0 Å². The van der Waals surface area contributed by atoms with Crippen molar-refractivity contribution in [2.45, 2.75) is 65.6 Å². The average molecular weight is 560 g/mol. The van der Waals surface area contributed by atoms with Gasteiger partial charge in [0, 0.05) is 30.8 Å². The Balaban J connectivity index is 1.76. The second-order valence-electron chi connectivity index (χ2n) is 10.7. The molecule has 10 heteroatoms. The van der Waals surface area contributed by atoms with Crippen molar-refractivity contribution in [3.05, 3.63) is 69.8 Å². The summed E-state index contributed by atoms with van der Waals surface area (Å²) >= 11 is 0. The molecule has 1 atom stereocenters. The number of H-pyrrole nitrogens is 1. The largest absolute Gasteiger partial charge is 0.458 e. The van der Waals surface area contributed by atoms with E-state index in [-0.39, 0.29) is 24.3 Å². The third kappa shape index (κ3) is 8.93. The number of rotatable bonds is 11. The predicted molar refractivity (Wildman–Crippen MR) is 158 cm³/mol. The van der Waals surface area contributed by atoms with E-state index in [4.69, 9.17) is 11.2 Å². The van der Waals surface area contributed by atoms with Crippen molar-refractivity contribution < 1.29 is 19.1 Å². The molecule has 41 heavy (non-hydrogen) atoms. The maximum absolute atomic E-state index is 13.1. The number of aryl methyl sites for hydroxylation is 1. The molecule has 216 valence electrons. The van der Waals surface area contributed by atoms with Crippen LogP contribution in [-0.2, 0) is 20.9 Å². The quantitative estimate of drug-likeness (QED) is 0.243. The number of carbonyl (C=O) groups is 3. The lowest BCUT2D eigenvalue weighted by atomic mass is 10.1. The van der Waals surface area contributed by atoms with Crippen LogP contribution in [0.25, 0.3) is 10.9 Å². The summed E-state index contributed by atoms with van der Waals surface area (Å²) in [5.74, 6) is 1.91. The Morgan fingerprint density at radius 1 is 1.15 bits per heavy atom. The third-order valence-electron chi connectivity index (χ3n) is 6.07. The maximum atomic E-state index is 13.1. The minimum Gasteiger partial charge on any atom is -0.458 e. The highest BCUT2D eigenvalue weighted by atomic mass is 16.6. The predicted octanol–water partition coefficient (Wildman–Crippen LogP) is 3.23. The van der Waals surface area contributed by atoms with Crippen LogP contribution in [-0.4, -0.2) is 52.5 Å². The van der Waals surface area contributed by atoms with Crippen molar-refractivity contribution in [1.82, 2.24) is 20.6 Å². The number of amides is 2. The molecular formula is C31H37N5O5. The fourth-order valence-electron chi connectivity index (χ4n) is 4.22. The van der Waals surface area contributed by atoms with Gasteiger partial charge in [-0.25, -0.2) is 9.78 Å². The van der Waals surface area contributed by atoms with Crippen LogP contribution >= 0.6 is 0 Å². The highest BCUT2D eigenvalue weighted by Crippen LogP contribution is 2.20. The van der Waals surface area contributed by atoms with Gasteiger partial charge in [0.05, 0.1) is 17.4 Å². The number of esters is 1. The van der Waals surface area contributed by atoms with E-state index in [0.717, 1.165) is 11.3 Å². The van der Waals surface area contributed by atoms with Crippen molar-refractivity contribution in [3.63, 3.8) is 0 Å². The van der Waals surface area contributed by atoms with Crippen LogP contribution in [0.2, 0.25) is 0 Å². The molecule has 1 aromatic heterocycles. The summed E-state index contributed by atoms with van der Waals surface area (Å²) in [7, 11) is 0. The Morgan fingerprint density at radius 2 is 1.85 bits per heavy atom. The number of terminal acetylenes is 1. The smallest absolute Gasteiger partial charge is 0.329 e. The number of ether oxygens (including phenoxy) is 1. The van der Waals surface area contributed by atoms with E-state index in [1.165, 1.54) is 0 Å². The van der Waals surface area contributed by atoms with Gasteiger partial charge in [-0.15, -0.1) is 6.42 Å². The third-order valence-corrected chi connectivity index (χ3v) is 6.07. The fraction of sp³-hybridized carbons (Fsp3) is 0.387. The van der Waals surface area contributed by atoms with Crippen LogP contribution in [0.4, 0.5) is 5.69 Å². The normalized spacial score (nSPS) is 11.8. The summed E-state index contributed by atoms with van der Waals surface area (Å²) in [6.45, 7) is 9.96. The van der Waals surface area contributed by atoms with E-state index >= 15 is 0 Å². The van der Waals surface area contributed by atoms with Crippen LogP contribution in [0, 0.1) is 19.3 Å². The molecule has 0 aliphatic rings. The van der Waals surface area contributed by atoms with Crippen LogP contribution in [0.3, 0.4) is 0 Å². The first-order chi connectivity index (χ1) is 19.4. The highest BCUT2D eigenvalue weighted by molar-refractivity contribution is 5.97. The standard InChI is InChI=1S/C31H37N5O5/c1-7-17-36(19-21-9-14-25-24(18-21)29(39)34-20(3)33-25)23-12-10-22(11-13-23)28(38)35-26(15-16-27(37)32-8-2)30(40)41-31(4,5)6/h1,9-14,18,26H,8,15-17,19H2,2-6H3,(H,32,37)(H,35,38)(H,33,34,39)/t26-/m0/s1. The van der Waals surface area contributed by atoms with Crippen LogP contribution in [0.1, 0.15) is 62.3 Å². The van der Waals surface area contributed by atoms with E-state index in [1.807, 2.05) is 11.0 Å². The summed E-state index contributed by atoms with van der Waals surface area (Å²) < 4.78 is 5.47. The van der Waals surface area contributed by atoms with Crippen LogP contribution in [0.15, 0.2) is 47.3 Å². The number of hydrogen-bond acceptors (Lipinski definition) is 7. The number of nitrogens with zero attached hydrogens (tertiary/aromatic N) is 2. The lowest BCUT2D eigenvalue weighted by Gasteiger charge is -2.25. The molecule has 0 spiro atoms. The molecule has 3 aromatic rings. The average Bonchev–Trinajstić information content (AvgIpc) is 2.90. The molecule has 0 aliphatic carbocycles. The summed E-state index contributed by atoms with van der Waals surface area (Å²) in [5.41, 5.74) is 1.64. The number of fused-ring (bicyclic) bond motifs is 1. The van der Waals surface area contributed by atoms with Crippen molar-refractivity contribution in [2.24, 2.45) is 0 Å². The monoisotopic (exact) mass is 559 g/mol. The van der Waals surface area contributed by atoms with Crippen LogP contribution in [0.5, 0.6) is 0 Å². The molecular weight excluding hydrogens is 522 g/mol. The van der Waals surface area contributed by atoms with Gasteiger partial charge in [-0.05, 0) is 83.0 Å².